The van der Waals surface area contributed by atoms with Crippen LogP contribution < -0.4 is 5.73 Å². The number of aliphatic hydroxyl groups excluding tert-OH is 1. The molecule has 15 heavy (non-hydrogen) atoms. The number of nitrogens with two attached hydrogens (primary N) is 1. The summed E-state index contributed by atoms with van der Waals surface area (Å²) in [6.07, 6.45) is 1.81. The maximum absolute atomic E-state index is 9.47. The van der Waals surface area contributed by atoms with E-state index in [1.807, 2.05) is 20.8 Å². The average molecular weight is 213 g/mol. The van der Waals surface area contributed by atoms with E-state index in [0.29, 0.717) is 11.9 Å². The minimum absolute atomic E-state index is 0.199. The lowest BCUT2D eigenvalue weighted by Crippen LogP contribution is -2.44. The van der Waals surface area contributed by atoms with E-state index >= 15 is 0 Å². The van der Waals surface area contributed by atoms with Crippen molar-refractivity contribution in [2.75, 3.05) is 13.1 Å². The molecular formula is C11H23N3O. The van der Waals surface area contributed by atoms with Crippen LogP contribution >= 0.6 is 0 Å². The van der Waals surface area contributed by atoms with Crippen LogP contribution in [0, 0.1) is 5.92 Å². The SMILES string of the molecule is CC(C)N=C(N)N1CCC(C(C)O)CC1. The van der Waals surface area contributed by atoms with Crippen LogP contribution in [0.25, 0.3) is 0 Å². The van der Waals surface area contributed by atoms with Crippen LogP contribution in [0.3, 0.4) is 0 Å². The van der Waals surface area contributed by atoms with Crippen molar-refractivity contribution in [1.29, 1.82) is 0 Å². The lowest BCUT2D eigenvalue weighted by molar-refractivity contribution is 0.0886. The summed E-state index contributed by atoms with van der Waals surface area (Å²) in [7, 11) is 0. The lowest BCUT2D eigenvalue weighted by Gasteiger charge is -2.34. The van der Waals surface area contributed by atoms with Gasteiger partial charge >= 0.3 is 0 Å². The van der Waals surface area contributed by atoms with Gasteiger partial charge in [-0.25, -0.2) is 0 Å². The van der Waals surface area contributed by atoms with Crippen LogP contribution in [0.5, 0.6) is 0 Å². The molecule has 1 saturated heterocycles. The van der Waals surface area contributed by atoms with Crippen LogP contribution in [0.1, 0.15) is 33.6 Å². The second kappa shape index (κ2) is 5.35. The second-order valence-electron chi connectivity index (χ2n) is 4.65. The van der Waals surface area contributed by atoms with Gasteiger partial charge in [0.1, 0.15) is 0 Å². The fraction of sp³-hybridized carbons (Fsp3) is 0.909. The summed E-state index contributed by atoms with van der Waals surface area (Å²) < 4.78 is 0. The Morgan fingerprint density at radius 2 is 1.87 bits per heavy atom. The zero-order valence-electron chi connectivity index (χ0n) is 9.98. The molecule has 1 unspecified atom stereocenters. The van der Waals surface area contributed by atoms with Crippen molar-refractivity contribution < 1.29 is 5.11 Å². The van der Waals surface area contributed by atoms with E-state index in [1.165, 1.54) is 0 Å². The van der Waals surface area contributed by atoms with Crippen LogP contribution in [0.15, 0.2) is 4.99 Å². The van der Waals surface area contributed by atoms with E-state index in [4.69, 9.17) is 5.73 Å². The Balaban J connectivity index is 2.43. The van der Waals surface area contributed by atoms with E-state index in [2.05, 4.69) is 9.89 Å². The molecule has 0 aromatic rings. The minimum atomic E-state index is -0.199. The lowest BCUT2D eigenvalue weighted by atomic mass is 9.92. The quantitative estimate of drug-likeness (QED) is 0.527. The topological polar surface area (TPSA) is 61.8 Å². The first-order valence-corrected chi connectivity index (χ1v) is 5.77. The molecule has 1 rings (SSSR count). The van der Waals surface area contributed by atoms with E-state index < -0.39 is 0 Å². The number of guanidine groups is 1. The predicted molar refractivity (Wildman–Crippen MR) is 62.7 cm³/mol. The van der Waals surface area contributed by atoms with Crippen molar-refractivity contribution in [2.24, 2.45) is 16.6 Å². The molecule has 4 nitrogen and oxygen atoms in total. The highest BCUT2D eigenvalue weighted by atomic mass is 16.3. The standard InChI is InChI=1S/C11H23N3O/c1-8(2)13-11(12)14-6-4-10(5-7-14)9(3)15/h8-10,15H,4-7H2,1-3H3,(H2,12,13). The first-order chi connectivity index (χ1) is 7.00. The number of aliphatic hydroxyl groups is 1. The van der Waals surface area contributed by atoms with Gasteiger partial charge in [-0.1, -0.05) is 0 Å². The predicted octanol–water partition coefficient (Wildman–Crippen LogP) is 0.802. The summed E-state index contributed by atoms with van der Waals surface area (Å²) in [4.78, 5) is 6.44. The molecular weight excluding hydrogens is 190 g/mol. The number of nitrogens with zero attached hydrogens (tertiary/aromatic N) is 2. The molecule has 1 aliphatic heterocycles. The largest absolute Gasteiger partial charge is 0.393 e. The first-order valence-electron chi connectivity index (χ1n) is 5.77. The third-order valence-electron chi connectivity index (χ3n) is 2.94. The molecule has 3 N–H and O–H groups in total. The average Bonchev–Trinajstić information content (AvgIpc) is 2.17. The fourth-order valence-corrected chi connectivity index (χ4v) is 1.96. The van der Waals surface area contributed by atoms with Gasteiger partial charge in [0.25, 0.3) is 0 Å². The fourth-order valence-electron chi connectivity index (χ4n) is 1.96. The van der Waals surface area contributed by atoms with Crippen molar-refractivity contribution in [1.82, 2.24) is 4.90 Å². The third-order valence-corrected chi connectivity index (χ3v) is 2.94. The van der Waals surface area contributed by atoms with Crippen molar-refractivity contribution in [3.05, 3.63) is 0 Å². The van der Waals surface area contributed by atoms with Gasteiger partial charge in [-0.2, -0.15) is 0 Å². The van der Waals surface area contributed by atoms with Crippen molar-refractivity contribution in [3.8, 4) is 0 Å². The maximum Gasteiger partial charge on any atom is 0.191 e. The van der Waals surface area contributed by atoms with Crippen LogP contribution in [-0.4, -0.2) is 41.2 Å². The molecule has 4 heteroatoms. The Morgan fingerprint density at radius 1 is 1.33 bits per heavy atom. The summed E-state index contributed by atoms with van der Waals surface area (Å²) in [6, 6.07) is 0.250. The Labute approximate surface area is 92.2 Å². The number of hydrogen-bond acceptors (Lipinski definition) is 2. The zero-order valence-corrected chi connectivity index (χ0v) is 9.98. The molecule has 0 bridgehead atoms. The van der Waals surface area contributed by atoms with Gasteiger partial charge in [-0.15, -0.1) is 0 Å². The highest BCUT2D eigenvalue weighted by Gasteiger charge is 2.23. The highest BCUT2D eigenvalue weighted by molar-refractivity contribution is 5.78. The Bertz CT molecular complexity index is 218. The normalized spacial score (nSPS) is 22.2. The van der Waals surface area contributed by atoms with Crippen LogP contribution in [0.2, 0.25) is 0 Å². The smallest absolute Gasteiger partial charge is 0.191 e. The van der Waals surface area contributed by atoms with Gasteiger partial charge < -0.3 is 15.7 Å². The molecule has 0 aromatic heterocycles. The van der Waals surface area contributed by atoms with Crippen molar-refractivity contribution >= 4 is 5.96 Å². The van der Waals surface area contributed by atoms with Gasteiger partial charge in [-0.05, 0) is 39.5 Å². The van der Waals surface area contributed by atoms with Crippen LogP contribution in [0.4, 0.5) is 0 Å². The molecule has 1 heterocycles. The number of rotatable bonds is 2. The zero-order chi connectivity index (χ0) is 11.4. The maximum atomic E-state index is 9.47. The molecule has 1 atom stereocenters. The van der Waals surface area contributed by atoms with Gasteiger partial charge in [0.15, 0.2) is 5.96 Å². The second-order valence-corrected chi connectivity index (χ2v) is 4.65. The summed E-state index contributed by atoms with van der Waals surface area (Å²) >= 11 is 0. The number of aliphatic imine (C=N–C) groups is 1. The van der Waals surface area contributed by atoms with Gasteiger partial charge in [0.05, 0.1) is 6.10 Å². The first kappa shape index (κ1) is 12.3. The molecule has 0 radical (unpaired) electrons. The molecule has 1 aliphatic rings. The summed E-state index contributed by atoms with van der Waals surface area (Å²) in [5.74, 6) is 1.07. The van der Waals surface area contributed by atoms with E-state index in [9.17, 15) is 5.11 Å². The molecule has 0 saturated carbocycles. The molecule has 0 aromatic carbocycles. The van der Waals surface area contributed by atoms with Crippen LogP contribution in [-0.2, 0) is 0 Å². The molecule has 0 aliphatic carbocycles. The van der Waals surface area contributed by atoms with E-state index in [-0.39, 0.29) is 12.1 Å². The Morgan fingerprint density at radius 3 is 2.27 bits per heavy atom. The third kappa shape index (κ3) is 3.70. The molecule has 88 valence electrons. The molecule has 1 fully saturated rings. The Hall–Kier alpha value is -0.770. The van der Waals surface area contributed by atoms with Gasteiger partial charge in [0.2, 0.25) is 0 Å². The van der Waals surface area contributed by atoms with Gasteiger partial charge in [-0.3, -0.25) is 4.99 Å². The van der Waals surface area contributed by atoms with Gasteiger partial charge in [0, 0.05) is 19.1 Å². The molecule has 0 spiro atoms. The monoisotopic (exact) mass is 213 g/mol. The molecule has 0 amide bonds. The number of likely N-dealkylation sites (tertiary alicyclic amines) is 1. The minimum Gasteiger partial charge on any atom is -0.393 e. The number of piperidine rings is 1. The number of hydrogen-bond donors (Lipinski definition) is 2. The highest BCUT2D eigenvalue weighted by Crippen LogP contribution is 2.20. The van der Waals surface area contributed by atoms with Crippen molar-refractivity contribution in [2.45, 2.75) is 45.8 Å². The summed E-state index contributed by atoms with van der Waals surface area (Å²) in [5.41, 5.74) is 5.88. The van der Waals surface area contributed by atoms with E-state index in [1.54, 1.807) is 0 Å². The summed E-state index contributed by atoms with van der Waals surface area (Å²) in [5, 5.41) is 9.47. The Kier molecular flexibility index (Phi) is 4.39. The summed E-state index contributed by atoms with van der Waals surface area (Å²) in [6.45, 7) is 7.74. The van der Waals surface area contributed by atoms with Crippen molar-refractivity contribution in [3.63, 3.8) is 0 Å². The van der Waals surface area contributed by atoms with E-state index in [0.717, 1.165) is 25.9 Å².